The standard InChI is InChI=1S/C23H26N2O3/c1-18-8-10-20(11-9-18)12-13-22(26)28-19(2)23(27)25-16-14-24(15-17-25)21-6-4-3-5-7-21/h3-13,19H,14-17H2,1-2H3/b13-12+. The van der Waals surface area contributed by atoms with E-state index in [9.17, 15) is 9.59 Å². The Morgan fingerprint density at radius 1 is 0.964 bits per heavy atom. The molecule has 0 saturated carbocycles. The largest absolute Gasteiger partial charge is 0.449 e. The first-order chi connectivity index (χ1) is 13.5. The van der Waals surface area contributed by atoms with Crippen LogP contribution in [0.15, 0.2) is 60.7 Å². The molecule has 146 valence electrons. The zero-order valence-corrected chi connectivity index (χ0v) is 16.4. The summed E-state index contributed by atoms with van der Waals surface area (Å²) in [5.74, 6) is -0.658. The van der Waals surface area contributed by atoms with Gasteiger partial charge in [0, 0.05) is 37.9 Å². The molecule has 0 N–H and O–H groups in total. The van der Waals surface area contributed by atoms with Crippen LogP contribution in [0.4, 0.5) is 5.69 Å². The summed E-state index contributed by atoms with van der Waals surface area (Å²) >= 11 is 0. The van der Waals surface area contributed by atoms with Crippen molar-refractivity contribution < 1.29 is 14.3 Å². The smallest absolute Gasteiger partial charge is 0.331 e. The maximum atomic E-state index is 12.6. The molecule has 1 unspecified atom stereocenters. The van der Waals surface area contributed by atoms with Crippen molar-refractivity contribution >= 4 is 23.6 Å². The minimum absolute atomic E-state index is 0.148. The number of benzene rings is 2. The van der Waals surface area contributed by atoms with Crippen LogP contribution in [0.2, 0.25) is 0 Å². The highest BCUT2D eigenvalue weighted by atomic mass is 16.5. The molecule has 1 saturated heterocycles. The van der Waals surface area contributed by atoms with Crippen LogP contribution in [0.5, 0.6) is 0 Å². The SMILES string of the molecule is Cc1ccc(/C=C/C(=O)OC(C)C(=O)N2CCN(c3ccccc3)CC2)cc1. The molecule has 1 fully saturated rings. The van der Waals surface area contributed by atoms with E-state index < -0.39 is 12.1 Å². The van der Waals surface area contributed by atoms with Crippen molar-refractivity contribution in [3.63, 3.8) is 0 Å². The van der Waals surface area contributed by atoms with Crippen LogP contribution in [0.3, 0.4) is 0 Å². The number of carbonyl (C=O) groups excluding carboxylic acids is 2. The third-order valence-corrected chi connectivity index (χ3v) is 4.84. The Morgan fingerprint density at radius 3 is 2.25 bits per heavy atom. The highest BCUT2D eigenvalue weighted by Crippen LogP contribution is 2.16. The highest BCUT2D eigenvalue weighted by molar-refractivity contribution is 5.90. The zero-order chi connectivity index (χ0) is 19.9. The Hall–Kier alpha value is -3.08. The highest BCUT2D eigenvalue weighted by Gasteiger charge is 2.26. The molecule has 1 amide bonds. The van der Waals surface area contributed by atoms with Gasteiger partial charge in [0.2, 0.25) is 0 Å². The molecule has 2 aromatic rings. The van der Waals surface area contributed by atoms with Gasteiger partial charge in [-0.15, -0.1) is 0 Å². The van der Waals surface area contributed by atoms with Gasteiger partial charge < -0.3 is 14.5 Å². The van der Waals surface area contributed by atoms with Crippen molar-refractivity contribution in [1.82, 2.24) is 4.90 Å². The summed E-state index contributed by atoms with van der Waals surface area (Å²) in [6.45, 7) is 6.41. The predicted octanol–water partition coefficient (Wildman–Crippen LogP) is 3.29. The molecule has 5 heteroatoms. The van der Waals surface area contributed by atoms with Crippen molar-refractivity contribution in [3.8, 4) is 0 Å². The third-order valence-electron chi connectivity index (χ3n) is 4.84. The Kier molecular flexibility index (Phi) is 6.48. The average molecular weight is 378 g/mol. The summed E-state index contributed by atoms with van der Waals surface area (Å²) in [5.41, 5.74) is 3.24. The van der Waals surface area contributed by atoms with E-state index in [-0.39, 0.29) is 5.91 Å². The summed E-state index contributed by atoms with van der Waals surface area (Å²) in [6, 6.07) is 18.0. The number of carbonyl (C=O) groups is 2. The molecule has 3 rings (SSSR count). The first-order valence-corrected chi connectivity index (χ1v) is 9.57. The van der Waals surface area contributed by atoms with E-state index in [0.717, 1.165) is 29.9 Å². The molecule has 1 heterocycles. The Balaban J connectivity index is 1.48. The lowest BCUT2D eigenvalue weighted by Gasteiger charge is -2.36. The van der Waals surface area contributed by atoms with Crippen LogP contribution in [-0.2, 0) is 14.3 Å². The number of nitrogens with zero attached hydrogens (tertiary/aromatic N) is 2. The molecule has 0 aromatic heterocycles. The number of piperazine rings is 1. The van der Waals surface area contributed by atoms with Crippen molar-refractivity contribution in [1.29, 1.82) is 0 Å². The zero-order valence-electron chi connectivity index (χ0n) is 16.4. The molecule has 0 aliphatic carbocycles. The van der Waals surface area contributed by atoms with Gasteiger partial charge in [0.15, 0.2) is 6.10 Å². The molecule has 1 aliphatic heterocycles. The molecule has 28 heavy (non-hydrogen) atoms. The van der Waals surface area contributed by atoms with E-state index in [1.54, 1.807) is 17.9 Å². The first kappa shape index (κ1) is 19.7. The molecule has 0 radical (unpaired) electrons. The van der Waals surface area contributed by atoms with Crippen LogP contribution in [-0.4, -0.2) is 49.1 Å². The lowest BCUT2D eigenvalue weighted by atomic mass is 10.1. The second-order valence-corrected chi connectivity index (χ2v) is 6.97. The number of hydrogen-bond donors (Lipinski definition) is 0. The van der Waals surface area contributed by atoms with Gasteiger partial charge in [-0.3, -0.25) is 4.79 Å². The summed E-state index contributed by atoms with van der Waals surface area (Å²) < 4.78 is 5.29. The molecule has 2 aromatic carbocycles. The Labute approximate surface area is 166 Å². The second-order valence-electron chi connectivity index (χ2n) is 6.97. The van der Waals surface area contributed by atoms with Gasteiger partial charge in [0.25, 0.3) is 5.91 Å². The van der Waals surface area contributed by atoms with Crippen LogP contribution < -0.4 is 4.90 Å². The van der Waals surface area contributed by atoms with Gasteiger partial charge in [0.1, 0.15) is 0 Å². The number of esters is 1. The van der Waals surface area contributed by atoms with Gasteiger partial charge in [-0.2, -0.15) is 0 Å². The Morgan fingerprint density at radius 2 is 1.61 bits per heavy atom. The van der Waals surface area contributed by atoms with Crippen LogP contribution in [0, 0.1) is 6.92 Å². The number of anilines is 1. The van der Waals surface area contributed by atoms with Gasteiger partial charge >= 0.3 is 5.97 Å². The number of hydrogen-bond acceptors (Lipinski definition) is 4. The summed E-state index contributed by atoms with van der Waals surface area (Å²) in [6.07, 6.45) is 2.26. The molecule has 1 aliphatic rings. The van der Waals surface area contributed by atoms with Crippen LogP contribution in [0.25, 0.3) is 6.08 Å². The molecular weight excluding hydrogens is 352 g/mol. The summed E-state index contributed by atoms with van der Waals surface area (Å²) in [4.78, 5) is 28.6. The van der Waals surface area contributed by atoms with Crippen LogP contribution >= 0.6 is 0 Å². The van der Waals surface area contributed by atoms with E-state index in [4.69, 9.17) is 4.74 Å². The number of ether oxygens (including phenoxy) is 1. The van der Waals surface area contributed by atoms with Gasteiger partial charge in [0.05, 0.1) is 0 Å². The van der Waals surface area contributed by atoms with Crippen molar-refractivity contribution in [2.45, 2.75) is 20.0 Å². The van der Waals surface area contributed by atoms with Crippen LogP contribution in [0.1, 0.15) is 18.1 Å². The van der Waals surface area contributed by atoms with Crippen molar-refractivity contribution in [2.24, 2.45) is 0 Å². The maximum absolute atomic E-state index is 12.6. The maximum Gasteiger partial charge on any atom is 0.331 e. The number of rotatable bonds is 5. The van der Waals surface area contributed by atoms with E-state index in [2.05, 4.69) is 17.0 Å². The van der Waals surface area contributed by atoms with Gasteiger partial charge in [-0.1, -0.05) is 48.0 Å². The topological polar surface area (TPSA) is 49.9 Å². The Bertz CT molecular complexity index is 823. The van der Waals surface area contributed by atoms with Gasteiger partial charge in [-0.25, -0.2) is 4.79 Å². The van der Waals surface area contributed by atoms with E-state index in [1.165, 1.54) is 6.08 Å². The van der Waals surface area contributed by atoms with E-state index >= 15 is 0 Å². The number of para-hydroxylation sites is 1. The summed E-state index contributed by atoms with van der Waals surface area (Å²) in [7, 11) is 0. The predicted molar refractivity (Wildman–Crippen MR) is 111 cm³/mol. The molecule has 0 spiro atoms. The lowest BCUT2D eigenvalue weighted by Crippen LogP contribution is -2.51. The van der Waals surface area contributed by atoms with Crippen molar-refractivity contribution in [2.75, 3.05) is 31.1 Å². The van der Waals surface area contributed by atoms with Crippen molar-refractivity contribution in [3.05, 3.63) is 71.8 Å². The fourth-order valence-corrected chi connectivity index (χ4v) is 3.19. The fourth-order valence-electron chi connectivity index (χ4n) is 3.19. The van der Waals surface area contributed by atoms with Gasteiger partial charge in [-0.05, 0) is 37.6 Å². The fraction of sp³-hybridized carbons (Fsp3) is 0.304. The molecule has 0 bridgehead atoms. The second kappa shape index (κ2) is 9.22. The number of amides is 1. The quantitative estimate of drug-likeness (QED) is 0.592. The minimum Gasteiger partial charge on any atom is -0.449 e. The number of aryl methyl sites for hydroxylation is 1. The molecular formula is C23H26N2O3. The van der Waals surface area contributed by atoms with E-state index in [1.807, 2.05) is 49.4 Å². The lowest BCUT2D eigenvalue weighted by molar-refractivity contribution is -0.155. The van der Waals surface area contributed by atoms with E-state index in [0.29, 0.717) is 13.1 Å². The molecule has 1 atom stereocenters. The monoisotopic (exact) mass is 378 g/mol. The molecule has 5 nitrogen and oxygen atoms in total. The normalized spacial score (nSPS) is 15.5. The summed E-state index contributed by atoms with van der Waals surface area (Å²) in [5, 5.41) is 0. The first-order valence-electron chi connectivity index (χ1n) is 9.57. The average Bonchev–Trinajstić information content (AvgIpc) is 2.73. The third kappa shape index (κ3) is 5.22. The minimum atomic E-state index is -0.793.